The molecule has 2 aromatic rings. The fourth-order valence-corrected chi connectivity index (χ4v) is 1.99. The van der Waals surface area contributed by atoms with E-state index in [0.717, 1.165) is 16.9 Å². The normalized spacial score (nSPS) is 10.1. The van der Waals surface area contributed by atoms with Crippen molar-refractivity contribution in [1.82, 2.24) is 15.0 Å². The molecule has 0 saturated carbocycles. The Hall–Kier alpha value is -2.88. The summed E-state index contributed by atoms with van der Waals surface area (Å²) in [6, 6.07) is 5.63. The topological polar surface area (TPSA) is 101 Å². The maximum atomic E-state index is 10.7. The van der Waals surface area contributed by atoms with Crippen LogP contribution in [0.5, 0.6) is 5.75 Å². The maximum Gasteiger partial charge on any atom is 0.358 e. The van der Waals surface area contributed by atoms with Crippen molar-refractivity contribution in [1.29, 1.82) is 5.26 Å². The van der Waals surface area contributed by atoms with Crippen LogP contribution in [0.2, 0.25) is 0 Å². The van der Waals surface area contributed by atoms with E-state index < -0.39 is 5.97 Å². The third kappa shape index (κ3) is 3.36. The van der Waals surface area contributed by atoms with Crippen LogP contribution in [-0.2, 0) is 6.54 Å². The third-order valence-electron chi connectivity index (χ3n) is 2.91. The zero-order valence-electron chi connectivity index (χ0n) is 11.7. The lowest BCUT2D eigenvalue weighted by Crippen LogP contribution is -2.10. The molecule has 0 saturated heterocycles. The van der Waals surface area contributed by atoms with Gasteiger partial charge in [-0.3, -0.25) is 0 Å². The number of nitriles is 1. The van der Waals surface area contributed by atoms with Gasteiger partial charge in [0.15, 0.2) is 5.69 Å². The highest BCUT2D eigenvalue weighted by Crippen LogP contribution is 2.24. The van der Waals surface area contributed by atoms with Crippen LogP contribution in [0.15, 0.2) is 18.3 Å². The molecule has 0 bridgehead atoms. The summed E-state index contributed by atoms with van der Waals surface area (Å²) in [7, 11) is 0. The van der Waals surface area contributed by atoms with Crippen molar-refractivity contribution in [2.45, 2.75) is 20.4 Å². The largest absolute Gasteiger partial charge is 0.491 e. The average molecular weight is 286 g/mol. The van der Waals surface area contributed by atoms with Gasteiger partial charge in [0, 0.05) is 0 Å². The van der Waals surface area contributed by atoms with Crippen LogP contribution in [-0.4, -0.2) is 32.7 Å². The molecule has 1 aromatic carbocycles. The van der Waals surface area contributed by atoms with Gasteiger partial charge in [0.05, 0.1) is 24.4 Å². The summed E-state index contributed by atoms with van der Waals surface area (Å²) in [5, 5.41) is 24.9. The minimum Gasteiger partial charge on any atom is -0.491 e. The Balaban J connectivity index is 2.00. The molecule has 0 unspecified atom stereocenters. The standard InChI is InChI=1S/C14H14N4O3/c1-9-5-11(7-15)6-10(2)13(9)21-4-3-18-8-12(14(19)20)16-17-18/h5-6,8H,3-4H2,1-2H3,(H,19,20). The molecule has 0 fully saturated rings. The predicted molar refractivity (Wildman–Crippen MR) is 73.1 cm³/mol. The van der Waals surface area contributed by atoms with E-state index in [-0.39, 0.29) is 5.69 Å². The molecule has 7 nitrogen and oxygen atoms in total. The second-order valence-electron chi connectivity index (χ2n) is 4.57. The molecule has 0 aliphatic carbocycles. The lowest BCUT2D eigenvalue weighted by molar-refractivity contribution is 0.0690. The van der Waals surface area contributed by atoms with Crippen LogP contribution in [0.25, 0.3) is 0 Å². The van der Waals surface area contributed by atoms with Gasteiger partial charge in [-0.05, 0) is 37.1 Å². The number of carboxylic acids is 1. The van der Waals surface area contributed by atoms with Crippen LogP contribution in [0, 0.1) is 25.2 Å². The molecule has 0 atom stereocenters. The van der Waals surface area contributed by atoms with Crippen molar-refractivity contribution in [3.8, 4) is 11.8 Å². The highest BCUT2D eigenvalue weighted by molar-refractivity contribution is 5.84. The lowest BCUT2D eigenvalue weighted by atomic mass is 10.1. The summed E-state index contributed by atoms with van der Waals surface area (Å²) in [4.78, 5) is 10.7. The minimum atomic E-state index is -1.11. The fourth-order valence-electron chi connectivity index (χ4n) is 1.99. The number of hydrogen-bond donors (Lipinski definition) is 1. The summed E-state index contributed by atoms with van der Waals surface area (Å²) in [6.45, 7) is 4.47. The van der Waals surface area contributed by atoms with E-state index in [4.69, 9.17) is 15.1 Å². The van der Waals surface area contributed by atoms with Crippen molar-refractivity contribution in [3.05, 3.63) is 40.7 Å². The van der Waals surface area contributed by atoms with Crippen LogP contribution in [0.1, 0.15) is 27.2 Å². The van der Waals surface area contributed by atoms with Gasteiger partial charge in [0.1, 0.15) is 12.4 Å². The number of nitrogens with zero attached hydrogens (tertiary/aromatic N) is 4. The number of ether oxygens (including phenoxy) is 1. The number of carboxylic acid groups (broad SMARTS) is 1. The molecule has 1 aromatic heterocycles. The van der Waals surface area contributed by atoms with Gasteiger partial charge < -0.3 is 9.84 Å². The van der Waals surface area contributed by atoms with Crippen molar-refractivity contribution in [3.63, 3.8) is 0 Å². The van der Waals surface area contributed by atoms with Gasteiger partial charge in [-0.1, -0.05) is 5.21 Å². The van der Waals surface area contributed by atoms with Crippen LogP contribution < -0.4 is 4.74 Å². The third-order valence-corrected chi connectivity index (χ3v) is 2.91. The minimum absolute atomic E-state index is 0.0965. The first-order valence-electron chi connectivity index (χ1n) is 6.29. The molecule has 0 aliphatic heterocycles. The molecule has 0 radical (unpaired) electrons. The first kappa shape index (κ1) is 14.5. The number of rotatable bonds is 5. The van der Waals surface area contributed by atoms with E-state index in [1.165, 1.54) is 10.9 Å². The monoisotopic (exact) mass is 286 g/mol. The quantitative estimate of drug-likeness (QED) is 0.894. The van der Waals surface area contributed by atoms with E-state index in [2.05, 4.69) is 16.4 Å². The Labute approximate surface area is 121 Å². The zero-order valence-corrected chi connectivity index (χ0v) is 11.7. The Bertz CT molecular complexity index is 692. The number of aromatic carboxylic acids is 1. The van der Waals surface area contributed by atoms with E-state index >= 15 is 0 Å². The molecule has 0 spiro atoms. The van der Waals surface area contributed by atoms with E-state index in [9.17, 15) is 4.79 Å². The molecule has 0 amide bonds. The van der Waals surface area contributed by atoms with Crippen molar-refractivity contribution in [2.24, 2.45) is 0 Å². The molecular formula is C14H14N4O3. The summed E-state index contributed by atoms with van der Waals surface area (Å²) in [5.74, 6) is -0.381. The number of aryl methyl sites for hydroxylation is 2. The van der Waals surface area contributed by atoms with E-state index in [1.807, 2.05) is 13.8 Å². The highest BCUT2D eigenvalue weighted by Gasteiger charge is 2.09. The number of benzene rings is 1. The molecule has 0 aliphatic rings. The van der Waals surface area contributed by atoms with Crippen molar-refractivity contribution in [2.75, 3.05) is 6.61 Å². The second-order valence-corrected chi connectivity index (χ2v) is 4.57. The number of carbonyl (C=O) groups is 1. The van der Waals surface area contributed by atoms with Crippen LogP contribution >= 0.6 is 0 Å². The predicted octanol–water partition coefficient (Wildman–Crippen LogP) is 1.54. The molecule has 108 valence electrons. The summed E-state index contributed by atoms with van der Waals surface area (Å²) < 4.78 is 7.11. The average Bonchev–Trinajstić information content (AvgIpc) is 2.90. The molecular weight excluding hydrogens is 272 g/mol. The van der Waals surface area contributed by atoms with Gasteiger partial charge in [0.25, 0.3) is 0 Å². The van der Waals surface area contributed by atoms with Crippen molar-refractivity contribution >= 4 is 5.97 Å². The van der Waals surface area contributed by atoms with Gasteiger partial charge in [-0.25, -0.2) is 9.48 Å². The summed E-state index contributed by atoms with van der Waals surface area (Å²) in [6.07, 6.45) is 1.35. The Morgan fingerprint density at radius 1 is 1.43 bits per heavy atom. The van der Waals surface area contributed by atoms with Crippen LogP contribution in [0.4, 0.5) is 0 Å². The van der Waals surface area contributed by atoms with Crippen molar-refractivity contribution < 1.29 is 14.6 Å². The molecule has 1 heterocycles. The number of hydrogen-bond acceptors (Lipinski definition) is 5. The first-order valence-corrected chi connectivity index (χ1v) is 6.29. The molecule has 7 heteroatoms. The maximum absolute atomic E-state index is 10.7. The van der Waals surface area contributed by atoms with Gasteiger partial charge in [-0.15, -0.1) is 5.10 Å². The van der Waals surface area contributed by atoms with E-state index in [1.54, 1.807) is 12.1 Å². The van der Waals surface area contributed by atoms with Crippen LogP contribution in [0.3, 0.4) is 0 Å². The zero-order chi connectivity index (χ0) is 15.4. The highest BCUT2D eigenvalue weighted by atomic mass is 16.5. The van der Waals surface area contributed by atoms with Gasteiger partial charge in [-0.2, -0.15) is 5.26 Å². The Kier molecular flexibility index (Phi) is 4.18. The lowest BCUT2D eigenvalue weighted by Gasteiger charge is -2.12. The summed E-state index contributed by atoms with van der Waals surface area (Å²) in [5.41, 5.74) is 2.27. The first-order chi connectivity index (χ1) is 10.0. The SMILES string of the molecule is Cc1cc(C#N)cc(C)c1OCCn1cc(C(=O)O)nn1. The molecule has 1 N–H and O–H groups in total. The number of aromatic nitrogens is 3. The fraction of sp³-hybridized carbons (Fsp3) is 0.286. The van der Waals surface area contributed by atoms with Gasteiger partial charge in [0.2, 0.25) is 0 Å². The van der Waals surface area contributed by atoms with E-state index in [0.29, 0.717) is 18.7 Å². The molecule has 21 heavy (non-hydrogen) atoms. The Morgan fingerprint density at radius 3 is 2.62 bits per heavy atom. The Morgan fingerprint density at radius 2 is 2.10 bits per heavy atom. The smallest absolute Gasteiger partial charge is 0.358 e. The second kappa shape index (κ2) is 6.05. The summed E-state index contributed by atoms with van der Waals surface area (Å²) >= 11 is 0. The molecule has 2 rings (SSSR count). The van der Waals surface area contributed by atoms with Gasteiger partial charge >= 0.3 is 5.97 Å².